The molecule has 4 rings (SSSR count). The number of benzene rings is 2. The minimum Gasteiger partial charge on any atom is -0.324 e. The van der Waals surface area contributed by atoms with Gasteiger partial charge in [0.1, 0.15) is 0 Å². The Morgan fingerprint density at radius 2 is 1.88 bits per heavy atom. The molecule has 2 N–H and O–H groups in total. The van der Waals surface area contributed by atoms with Crippen molar-refractivity contribution in [3.63, 3.8) is 0 Å². The second-order valence-electron chi connectivity index (χ2n) is 5.48. The summed E-state index contributed by atoms with van der Waals surface area (Å²) in [5.41, 5.74) is 1.83. The summed E-state index contributed by atoms with van der Waals surface area (Å²) in [4.78, 5) is 8.58. The molecule has 0 aliphatic heterocycles. The molecule has 4 aromatic rings. The lowest BCUT2D eigenvalue weighted by atomic mass is 10.1. The molecule has 0 saturated carbocycles. The number of hydrogen-bond acceptors (Lipinski definition) is 3. The minimum absolute atomic E-state index is 0.0675. The molecule has 0 atom stereocenters. The van der Waals surface area contributed by atoms with Crippen LogP contribution in [0.15, 0.2) is 42.5 Å². The van der Waals surface area contributed by atoms with Crippen LogP contribution >= 0.6 is 0 Å². The average molecular weight is 331 g/mol. The number of rotatable bonds is 2. The third-order valence-corrected chi connectivity index (χ3v) is 3.71. The lowest BCUT2D eigenvalue weighted by Crippen LogP contribution is -2.09. The lowest BCUT2D eigenvalue weighted by molar-refractivity contribution is -0.136. The molecule has 2 aromatic heterocycles. The number of hydrogen-bond donors (Lipinski definition) is 2. The topological polar surface area (TPSA) is 58.0 Å². The number of para-hydroxylation sites is 1. The molecule has 0 fully saturated rings. The highest BCUT2D eigenvalue weighted by molar-refractivity contribution is 5.80. The quantitative estimate of drug-likeness (QED) is 0.576. The van der Waals surface area contributed by atoms with Gasteiger partial charge < -0.3 is 5.32 Å². The van der Waals surface area contributed by atoms with Crippen molar-refractivity contribution in [3.8, 4) is 0 Å². The van der Waals surface area contributed by atoms with E-state index >= 15 is 0 Å². The van der Waals surface area contributed by atoms with E-state index < -0.39 is 11.7 Å². The molecular weight excluding hydrogens is 319 g/mol. The van der Waals surface area contributed by atoms with Crippen LogP contribution in [0, 0.1) is 6.92 Å². The van der Waals surface area contributed by atoms with E-state index in [1.54, 1.807) is 4.52 Å². The molecule has 0 unspecified atom stereocenters. The second kappa shape index (κ2) is 4.98. The van der Waals surface area contributed by atoms with Crippen LogP contribution < -0.4 is 5.32 Å². The van der Waals surface area contributed by atoms with Crippen LogP contribution in [-0.2, 0) is 6.18 Å². The largest absolute Gasteiger partial charge is 0.418 e. The standard InChI is InChI=1S/C16H12F3N5/c1-9-6-7-13-12(8-9)21-15-22-14(23-24(13)15)20-11-5-3-2-4-10(11)16(17,18)19/h2-8H,1H3,(H2,20,21,22,23). The van der Waals surface area contributed by atoms with E-state index in [0.717, 1.165) is 22.7 Å². The highest BCUT2D eigenvalue weighted by Crippen LogP contribution is 2.35. The van der Waals surface area contributed by atoms with Gasteiger partial charge in [-0.15, -0.1) is 0 Å². The maximum Gasteiger partial charge on any atom is 0.418 e. The Labute approximate surface area is 134 Å². The summed E-state index contributed by atoms with van der Waals surface area (Å²) in [6.07, 6.45) is -4.44. The fourth-order valence-electron chi connectivity index (χ4n) is 2.62. The third kappa shape index (κ3) is 2.36. The van der Waals surface area contributed by atoms with E-state index in [2.05, 4.69) is 20.4 Å². The van der Waals surface area contributed by atoms with Gasteiger partial charge in [0.25, 0.3) is 5.78 Å². The Balaban J connectivity index is 1.76. The Hall–Kier alpha value is -3.03. The number of halogens is 3. The number of fused-ring (bicyclic) bond motifs is 3. The molecule has 5 nitrogen and oxygen atoms in total. The van der Waals surface area contributed by atoms with Crippen molar-refractivity contribution in [2.24, 2.45) is 0 Å². The number of aromatic amines is 1. The van der Waals surface area contributed by atoms with Gasteiger partial charge in [-0.1, -0.05) is 18.2 Å². The van der Waals surface area contributed by atoms with Crippen LogP contribution in [0.4, 0.5) is 24.8 Å². The molecule has 122 valence electrons. The van der Waals surface area contributed by atoms with Gasteiger partial charge in [0.2, 0.25) is 5.95 Å². The van der Waals surface area contributed by atoms with Crippen molar-refractivity contribution in [1.82, 2.24) is 19.6 Å². The molecule has 8 heteroatoms. The van der Waals surface area contributed by atoms with Crippen molar-refractivity contribution in [3.05, 3.63) is 53.6 Å². The van der Waals surface area contributed by atoms with Crippen molar-refractivity contribution >= 4 is 28.4 Å². The van der Waals surface area contributed by atoms with Crippen molar-refractivity contribution < 1.29 is 13.2 Å². The van der Waals surface area contributed by atoms with Crippen molar-refractivity contribution in [2.75, 3.05) is 5.32 Å². The predicted molar refractivity (Wildman–Crippen MR) is 84.3 cm³/mol. The molecule has 0 radical (unpaired) electrons. The van der Waals surface area contributed by atoms with Gasteiger partial charge in [0.15, 0.2) is 0 Å². The van der Waals surface area contributed by atoms with Gasteiger partial charge in [-0.2, -0.15) is 18.2 Å². The van der Waals surface area contributed by atoms with E-state index in [1.165, 1.54) is 18.2 Å². The monoisotopic (exact) mass is 331 g/mol. The molecule has 0 amide bonds. The third-order valence-electron chi connectivity index (χ3n) is 3.71. The van der Waals surface area contributed by atoms with E-state index in [0.29, 0.717) is 5.78 Å². The van der Waals surface area contributed by atoms with E-state index in [9.17, 15) is 13.2 Å². The minimum atomic E-state index is -4.44. The summed E-state index contributed by atoms with van der Waals surface area (Å²) >= 11 is 0. The van der Waals surface area contributed by atoms with Gasteiger partial charge in [-0.3, -0.25) is 5.10 Å². The number of nitrogens with one attached hydrogen (secondary N) is 2. The first-order valence-electron chi connectivity index (χ1n) is 7.20. The lowest BCUT2D eigenvalue weighted by Gasteiger charge is -2.12. The Bertz CT molecular complexity index is 1040. The summed E-state index contributed by atoms with van der Waals surface area (Å²) in [7, 11) is 0. The second-order valence-corrected chi connectivity index (χ2v) is 5.48. The van der Waals surface area contributed by atoms with Gasteiger partial charge >= 0.3 is 6.18 Å². The molecule has 0 aliphatic carbocycles. The fourth-order valence-corrected chi connectivity index (χ4v) is 2.62. The first-order valence-corrected chi connectivity index (χ1v) is 7.20. The number of anilines is 2. The van der Waals surface area contributed by atoms with E-state index in [4.69, 9.17) is 0 Å². The van der Waals surface area contributed by atoms with Crippen LogP contribution in [-0.4, -0.2) is 19.6 Å². The van der Waals surface area contributed by atoms with Gasteiger partial charge in [-0.25, -0.2) is 9.50 Å². The zero-order chi connectivity index (χ0) is 16.9. The fraction of sp³-hybridized carbons (Fsp3) is 0.125. The zero-order valence-corrected chi connectivity index (χ0v) is 12.5. The van der Waals surface area contributed by atoms with Gasteiger partial charge in [0, 0.05) is 0 Å². The molecule has 0 bridgehead atoms. The highest BCUT2D eigenvalue weighted by Gasteiger charge is 2.33. The summed E-state index contributed by atoms with van der Waals surface area (Å²) in [6, 6.07) is 11.0. The normalized spacial score (nSPS) is 12.2. The van der Waals surface area contributed by atoms with Crippen LogP contribution in [0.2, 0.25) is 0 Å². The number of alkyl halides is 3. The Morgan fingerprint density at radius 3 is 2.67 bits per heavy atom. The first kappa shape index (κ1) is 14.6. The molecule has 24 heavy (non-hydrogen) atoms. The van der Waals surface area contributed by atoms with Gasteiger partial charge in [0.05, 0.1) is 22.3 Å². The van der Waals surface area contributed by atoms with Crippen molar-refractivity contribution in [2.45, 2.75) is 13.1 Å². The van der Waals surface area contributed by atoms with Crippen LogP contribution in [0.5, 0.6) is 0 Å². The predicted octanol–water partition coefficient (Wildman–Crippen LogP) is 4.28. The van der Waals surface area contributed by atoms with E-state index in [-0.39, 0.29) is 11.6 Å². The van der Waals surface area contributed by atoms with Crippen molar-refractivity contribution in [1.29, 1.82) is 0 Å². The van der Waals surface area contributed by atoms with Crippen LogP contribution in [0.3, 0.4) is 0 Å². The maximum absolute atomic E-state index is 13.1. The Kier molecular flexibility index (Phi) is 3.02. The SMILES string of the molecule is Cc1ccc2c(c1)nc1nc(Nc3ccccc3C(F)(F)F)[nH]n12. The maximum atomic E-state index is 13.1. The molecule has 0 aliphatic rings. The summed E-state index contributed by atoms with van der Waals surface area (Å²) in [6.45, 7) is 1.96. The summed E-state index contributed by atoms with van der Waals surface area (Å²) in [5.74, 6) is 0.583. The summed E-state index contributed by atoms with van der Waals surface area (Å²) < 4.78 is 40.8. The molecular formula is C16H12F3N5. The van der Waals surface area contributed by atoms with Crippen LogP contribution in [0.1, 0.15) is 11.1 Å². The molecule has 2 heterocycles. The molecule has 2 aromatic carbocycles. The number of nitrogens with zero attached hydrogens (tertiary/aromatic N) is 3. The zero-order valence-electron chi connectivity index (χ0n) is 12.5. The number of aromatic nitrogens is 4. The number of imidazole rings is 1. The first-order chi connectivity index (χ1) is 11.4. The highest BCUT2D eigenvalue weighted by atomic mass is 19.4. The number of H-pyrrole nitrogens is 1. The number of aryl methyl sites for hydroxylation is 1. The smallest absolute Gasteiger partial charge is 0.324 e. The van der Waals surface area contributed by atoms with Crippen LogP contribution in [0.25, 0.3) is 16.8 Å². The Morgan fingerprint density at radius 1 is 1.08 bits per heavy atom. The van der Waals surface area contributed by atoms with E-state index in [1.807, 2.05) is 25.1 Å². The molecule has 0 saturated heterocycles. The molecule has 0 spiro atoms. The average Bonchev–Trinajstić information content (AvgIpc) is 3.03. The van der Waals surface area contributed by atoms with Gasteiger partial charge in [-0.05, 0) is 36.8 Å². The summed E-state index contributed by atoms with van der Waals surface area (Å²) in [5, 5.41) is 5.61.